The third-order valence-electron chi connectivity index (χ3n) is 2.05. The summed E-state index contributed by atoms with van der Waals surface area (Å²) in [5.74, 6) is 0. The monoisotopic (exact) mass is 263 g/mol. The van der Waals surface area contributed by atoms with E-state index in [1.165, 1.54) is 5.41 Å². The molecule has 1 aliphatic rings. The van der Waals surface area contributed by atoms with Gasteiger partial charge in [0, 0.05) is 9.92 Å². The molecule has 1 radical (unpaired) electrons. The quantitative estimate of drug-likeness (QED) is 0.710. The lowest BCUT2D eigenvalue weighted by Gasteiger charge is -2.10. The van der Waals surface area contributed by atoms with Gasteiger partial charge in [0.25, 0.3) is 0 Å². The Labute approximate surface area is 98.8 Å². The van der Waals surface area contributed by atoms with Gasteiger partial charge in [0.1, 0.15) is 0 Å². The summed E-state index contributed by atoms with van der Waals surface area (Å²) in [6.07, 6.45) is -3.16. The molecule has 2 rings (SSSR count). The number of hydrogen-bond donors (Lipinski definition) is 1. The van der Waals surface area contributed by atoms with Crippen LogP contribution in [0.1, 0.15) is 0 Å². The van der Waals surface area contributed by atoms with E-state index in [1.807, 2.05) is 0 Å². The Morgan fingerprint density at radius 1 is 1.31 bits per heavy atom. The minimum absolute atomic E-state index is 0.513. The third-order valence-corrected chi connectivity index (χ3v) is 4.12. The van der Waals surface area contributed by atoms with Crippen molar-refractivity contribution in [3.05, 3.63) is 51.8 Å². The molecule has 85 valence electrons. The summed E-state index contributed by atoms with van der Waals surface area (Å²) in [5, 5.41) is 3.30. The minimum Gasteiger partial charge on any atom is -0.185 e. The van der Waals surface area contributed by atoms with Crippen molar-refractivity contribution in [1.29, 1.82) is 0 Å². The summed E-state index contributed by atoms with van der Waals surface area (Å²) in [6.45, 7) is 0. The van der Waals surface area contributed by atoms with Crippen molar-refractivity contribution in [3.8, 4) is 0 Å². The van der Waals surface area contributed by atoms with Gasteiger partial charge in [-0.3, -0.25) is 0 Å². The molecule has 1 heterocycles. The molecule has 0 bridgehead atoms. The van der Waals surface area contributed by atoms with Crippen molar-refractivity contribution in [2.24, 2.45) is 0 Å². The molecule has 0 amide bonds. The van der Waals surface area contributed by atoms with E-state index in [0.29, 0.717) is 9.92 Å². The van der Waals surface area contributed by atoms with Gasteiger partial charge in [0.2, 0.25) is 0 Å². The Bertz CT molecular complexity index is 463. The molecule has 1 aromatic carbocycles. The molecule has 16 heavy (non-hydrogen) atoms. The van der Waals surface area contributed by atoms with Crippen molar-refractivity contribution in [2.45, 2.75) is 11.1 Å². The van der Waals surface area contributed by atoms with Crippen LogP contribution in [0.4, 0.5) is 13.2 Å². The van der Waals surface area contributed by atoms with Gasteiger partial charge in [-0.1, -0.05) is 17.7 Å². The molecular weight excluding hydrogens is 257 g/mol. The maximum Gasteiger partial charge on any atom is 0.416 e. The average molecular weight is 264 g/mol. The van der Waals surface area contributed by atoms with Crippen LogP contribution >= 0.6 is 22.5 Å². The molecule has 1 unspecified atom stereocenters. The van der Waals surface area contributed by atoms with Gasteiger partial charge in [-0.05, 0) is 35.1 Å². The van der Waals surface area contributed by atoms with Crippen LogP contribution in [0.15, 0.2) is 45.6 Å². The molecule has 5 heteroatoms. The molecule has 0 nitrogen and oxygen atoms in total. The van der Waals surface area contributed by atoms with E-state index in [2.05, 4.69) is 6.07 Å². The molecule has 0 saturated carbocycles. The van der Waals surface area contributed by atoms with Gasteiger partial charge in [-0.15, -0.1) is 0 Å². The summed E-state index contributed by atoms with van der Waals surface area (Å²) in [7, 11) is -1.06. The lowest BCUT2D eigenvalue weighted by molar-refractivity contribution is -0.0878. The zero-order valence-corrected chi connectivity index (χ0v) is 9.57. The fourth-order valence-electron chi connectivity index (χ4n) is 1.29. The van der Waals surface area contributed by atoms with Crippen molar-refractivity contribution >= 4 is 22.5 Å². The molecule has 0 aliphatic carbocycles. The number of hydrogen-bond acceptors (Lipinski definition) is 0. The molecule has 1 aromatic rings. The number of halogens is 4. The Hall–Kier alpha value is -0.870. The first-order valence-electron chi connectivity index (χ1n) is 4.39. The maximum absolute atomic E-state index is 12.4. The van der Waals surface area contributed by atoms with Gasteiger partial charge >= 0.3 is 6.18 Å². The highest BCUT2D eigenvalue weighted by Crippen LogP contribution is 2.47. The average Bonchev–Trinajstić information content (AvgIpc) is 2.65. The second-order valence-electron chi connectivity index (χ2n) is 3.20. The third kappa shape index (κ3) is 2.44. The van der Waals surface area contributed by atoms with E-state index in [-0.39, 0.29) is 0 Å². The summed E-state index contributed by atoms with van der Waals surface area (Å²) >= 11 is 5.77. The first-order chi connectivity index (χ1) is 7.47. The van der Waals surface area contributed by atoms with Crippen LogP contribution in [0, 0.1) is 6.07 Å². The molecule has 0 fully saturated rings. The Morgan fingerprint density at radius 3 is 2.62 bits per heavy atom. The smallest absolute Gasteiger partial charge is 0.185 e. The zero-order chi connectivity index (χ0) is 11.8. The standard InChI is InChI=1S/C11H7ClF3S/c12-9-2-1-3-10(6-9)16-5-4-8(7-16)11(13,14)15/h1-2,4-7,16H. The summed E-state index contributed by atoms with van der Waals surface area (Å²) < 4.78 is 37.2. The van der Waals surface area contributed by atoms with Crippen LogP contribution in [-0.4, -0.2) is 6.18 Å². The molecule has 0 aromatic heterocycles. The second kappa shape index (κ2) is 4.18. The van der Waals surface area contributed by atoms with Gasteiger partial charge in [0.05, 0.1) is 5.57 Å². The van der Waals surface area contributed by atoms with Crippen molar-refractivity contribution in [2.75, 3.05) is 0 Å². The van der Waals surface area contributed by atoms with Crippen molar-refractivity contribution in [3.63, 3.8) is 0 Å². The highest BCUT2D eigenvalue weighted by molar-refractivity contribution is 8.22. The Morgan fingerprint density at radius 2 is 2.06 bits per heavy atom. The van der Waals surface area contributed by atoms with Gasteiger partial charge in [-0.2, -0.15) is 24.1 Å². The van der Waals surface area contributed by atoms with E-state index in [4.69, 9.17) is 11.6 Å². The van der Waals surface area contributed by atoms with Gasteiger partial charge in [0.15, 0.2) is 0 Å². The maximum atomic E-state index is 12.4. The summed E-state index contributed by atoms with van der Waals surface area (Å²) in [5.41, 5.74) is -0.591. The first kappa shape index (κ1) is 11.6. The number of rotatable bonds is 1. The number of allylic oxidation sites excluding steroid dienone is 2. The van der Waals surface area contributed by atoms with E-state index < -0.39 is 22.6 Å². The highest BCUT2D eigenvalue weighted by Gasteiger charge is 2.34. The summed E-state index contributed by atoms with van der Waals surface area (Å²) in [6, 6.07) is 7.82. The van der Waals surface area contributed by atoms with Gasteiger partial charge < -0.3 is 0 Å². The first-order valence-corrected chi connectivity index (χ1v) is 6.25. The molecule has 0 spiro atoms. The largest absolute Gasteiger partial charge is 0.416 e. The lowest BCUT2D eigenvalue weighted by atomic mass is 10.3. The topological polar surface area (TPSA) is 0 Å². The SMILES string of the molecule is FC(F)(F)C1=C[SH](c2[c]ccc(Cl)c2)C=C1. The molecule has 1 aliphatic heterocycles. The predicted molar refractivity (Wildman–Crippen MR) is 60.8 cm³/mol. The molecular formula is C11H7ClF3S. The lowest BCUT2D eigenvalue weighted by Crippen LogP contribution is -2.08. The second-order valence-corrected chi connectivity index (χ2v) is 5.49. The van der Waals surface area contributed by atoms with Crippen LogP contribution in [0.3, 0.4) is 0 Å². The minimum atomic E-state index is -4.27. The highest BCUT2D eigenvalue weighted by atomic mass is 35.5. The Balaban J connectivity index is 2.28. The van der Waals surface area contributed by atoms with Crippen LogP contribution < -0.4 is 0 Å². The van der Waals surface area contributed by atoms with E-state index in [1.54, 1.807) is 23.6 Å². The fourth-order valence-corrected chi connectivity index (χ4v) is 3.29. The van der Waals surface area contributed by atoms with Crippen LogP contribution in [0.2, 0.25) is 5.02 Å². The fraction of sp³-hybridized carbons (Fsp3) is 0.0909. The van der Waals surface area contributed by atoms with Crippen molar-refractivity contribution in [1.82, 2.24) is 0 Å². The van der Waals surface area contributed by atoms with E-state index in [9.17, 15) is 13.2 Å². The molecule has 0 N–H and O–H groups in total. The van der Waals surface area contributed by atoms with Crippen LogP contribution in [0.25, 0.3) is 0 Å². The normalized spacial score (nSPS) is 22.2. The van der Waals surface area contributed by atoms with E-state index >= 15 is 0 Å². The molecule has 1 atom stereocenters. The summed E-state index contributed by atoms with van der Waals surface area (Å²) in [4.78, 5) is 0.706. The van der Waals surface area contributed by atoms with Gasteiger partial charge in [-0.25, -0.2) is 0 Å². The molecule has 0 saturated heterocycles. The Kier molecular flexibility index (Phi) is 3.04. The zero-order valence-electron chi connectivity index (χ0n) is 7.92. The number of thiol groups is 1. The number of alkyl halides is 3. The van der Waals surface area contributed by atoms with Crippen LogP contribution in [-0.2, 0) is 0 Å². The van der Waals surface area contributed by atoms with Crippen LogP contribution in [0.5, 0.6) is 0 Å². The van der Waals surface area contributed by atoms with Crippen molar-refractivity contribution < 1.29 is 13.2 Å². The predicted octanol–water partition coefficient (Wildman–Crippen LogP) is 4.47. The number of benzene rings is 1. The van der Waals surface area contributed by atoms with E-state index in [0.717, 1.165) is 6.08 Å².